The minimum absolute atomic E-state index is 0.0196. The minimum Gasteiger partial charge on any atom is -0.452 e. The van der Waals surface area contributed by atoms with E-state index < -0.39 is 24.3 Å². The van der Waals surface area contributed by atoms with Gasteiger partial charge in [-0.1, -0.05) is 18.2 Å². The molecule has 0 aliphatic rings. The summed E-state index contributed by atoms with van der Waals surface area (Å²) in [7, 11) is 1.43. The van der Waals surface area contributed by atoms with Crippen LogP contribution in [0, 0.1) is 26.6 Å². The van der Waals surface area contributed by atoms with Gasteiger partial charge >= 0.3 is 5.97 Å². The highest BCUT2D eigenvalue weighted by Gasteiger charge is 2.17. The van der Waals surface area contributed by atoms with E-state index in [2.05, 4.69) is 5.32 Å². The molecule has 0 atom stereocenters. The predicted octanol–water partition coefficient (Wildman–Crippen LogP) is 3.00. The molecular weight excluding hydrogens is 363 g/mol. The Hall–Kier alpha value is -3.22. The first-order chi connectivity index (χ1) is 13.2. The van der Waals surface area contributed by atoms with Crippen LogP contribution in [0.2, 0.25) is 0 Å². The Morgan fingerprint density at radius 2 is 1.71 bits per heavy atom. The first-order valence-corrected chi connectivity index (χ1v) is 8.71. The Bertz CT molecular complexity index is 911. The second kappa shape index (κ2) is 9.12. The molecule has 0 spiro atoms. The summed E-state index contributed by atoms with van der Waals surface area (Å²) >= 11 is 0. The standard InChI is InChI=1S/C21H23FN2O4/c1-13-5-6-15(3)18(9-13)23-19(25)11-24(4)20(26)12-28-21(27)16-8-7-14(2)17(22)10-16/h5-10H,11-12H2,1-4H3,(H,23,25). The fourth-order valence-electron chi connectivity index (χ4n) is 2.40. The number of nitrogens with zero attached hydrogens (tertiary/aromatic N) is 1. The summed E-state index contributed by atoms with van der Waals surface area (Å²) < 4.78 is 18.4. The first-order valence-electron chi connectivity index (χ1n) is 8.71. The van der Waals surface area contributed by atoms with E-state index in [4.69, 9.17) is 4.74 Å². The fourth-order valence-corrected chi connectivity index (χ4v) is 2.40. The van der Waals surface area contributed by atoms with Crippen LogP contribution in [0.5, 0.6) is 0 Å². The lowest BCUT2D eigenvalue weighted by Gasteiger charge is -2.17. The molecule has 2 aromatic carbocycles. The molecule has 1 N–H and O–H groups in total. The number of hydrogen-bond donors (Lipinski definition) is 1. The van der Waals surface area contributed by atoms with Crippen LogP contribution in [0.25, 0.3) is 0 Å². The average molecular weight is 386 g/mol. The van der Waals surface area contributed by atoms with Gasteiger partial charge in [0.15, 0.2) is 6.61 Å². The van der Waals surface area contributed by atoms with Gasteiger partial charge in [-0.25, -0.2) is 9.18 Å². The van der Waals surface area contributed by atoms with E-state index >= 15 is 0 Å². The van der Waals surface area contributed by atoms with E-state index in [1.165, 1.54) is 19.2 Å². The van der Waals surface area contributed by atoms with Crippen LogP contribution in [-0.4, -0.2) is 42.9 Å². The average Bonchev–Trinajstić information content (AvgIpc) is 2.64. The topological polar surface area (TPSA) is 75.7 Å². The van der Waals surface area contributed by atoms with Gasteiger partial charge in [0.2, 0.25) is 5.91 Å². The zero-order valence-electron chi connectivity index (χ0n) is 16.3. The van der Waals surface area contributed by atoms with Crippen LogP contribution >= 0.6 is 0 Å². The Labute approximate surface area is 163 Å². The molecule has 0 aromatic heterocycles. The van der Waals surface area contributed by atoms with Crippen LogP contribution in [0.15, 0.2) is 36.4 Å². The fraction of sp³-hybridized carbons (Fsp3) is 0.286. The molecule has 0 unspecified atom stereocenters. The lowest BCUT2D eigenvalue weighted by atomic mass is 10.1. The predicted molar refractivity (Wildman–Crippen MR) is 104 cm³/mol. The number of ether oxygens (including phenoxy) is 1. The molecule has 0 heterocycles. The van der Waals surface area contributed by atoms with Crippen molar-refractivity contribution in [2.75, 3.05) is 25.5 Å². The van der Waals surface area contributed by atoms with E-state index in [1.807, 2.05) is 32.0 Å². The Morgan fingerprint density at radius 3 is 2.39 bits per heavy atom. The van der Waals surface area contributed by atoms with Crippen molar-refractivity contribution in [1.82, 2.24) is 4.90 Å². The number of anilines is 1. The van der Waals surface area contributed by atoms with Gasteiger partial charge in [0.05, 0.1) is 12.1 Å². The van der Waals surface area contributed by atoms with Gasteiger partial charge in [0.1, 0.15) is 5.82 Å². The third-order valence-electron chi connectivity index (χ3n) is 4.21. The molecule has 2 amide bonds. The molecule has 0 aliphatic carbocycles. The van der Waals surface area contributed by atoms with Gasteiger partial charge < -0.3 is 15.0 Å². The highest BCUT2D eigenvalue weighted by Crippen LogP contribution is 2.16. The smallest absolute Gasteiger partial charge is 0.338 e. The van der Waals surface area contributed by atoms with Gasteiger partial charge in [-0.2, -0.15) is 0 Å². The number of aryl methyl sites for hydroxylation is 3. The van der Waals surface area contributed by atoms with Crippen LogP contribution in [0.3, 0.4) is 0 Å². The van der Waals surface area contributed by atoms with Crippen molar-refractivity contribution in [3.8, 4) is 0 Å². The van der Waals surface area contributed by atoms with Gasteiger partial charge in [0.25, 0.3) is 5.91 Å². The van der Waals surface area contributed by atoms with Gasteiger partial charge in [-0.05, 0) is 55.7 Å². The molecule has 2 rings (SSSR count). The zero-order chi connectivity index (χ0) is 20.8. The molecule has 148 valence electrons. The molecule has 0 radical (unpaired) electrons. The molecule has 7 heteroatoms. The maximum atomic E-state index is 13.5. The quantitative estimate of drug-likeness (QED) is 0.775. The van der Waals surface area contributed by atoms with Crippen LogP contribution < -0.4 is 5.32 Å². The SMILES string of the molecule is Cc1ccc(C)c(NC(=O)CN(C)C(=O)COC(=O)c2ccc(C)c(F)c2)c1. The largest absolute Gasteiger partial charge is 0.452 e. The number of halogens is 1. The Morgan fingerprint density at radius 1 is 1.04 bits per heavy atom. The van der Waals surface area contributed by atoms with Gasteiger partial charge in [-0.3, -0.25) is 9.59 Å². The van der Waals surface area contributed by atoms with E-state index in [1.54, 1.807) is 6.92 Å². The highest BCUT2D eigenvalue weighted by atomic mass is 19.1. The molecule has 6 nitrogen and oxygen atoms in total. The second-order valence-corrected chi connectivity index (χ2v) is 6.66. The monoisotopic (exact) mass is 386 g/mol. The summed E-state index contributed by atoms with van der Waals surface area (Å²) in [6.07, 6.45) is 0. The number of nitrogens with one attached hydrogen (secondary N) is 1. The van der Waals surface area contributed by atoms with E-state index in [9.17, 15) is 18.8 Å². The maximum absolute atomic E-state index is 13.5. The van der Waals surface area contributed by atoms with Crippen molar-refractivity contribution in [1.29, 1.82) is 0 Å². The normalized spacial score (nSPS) is 10.3. The van der Waals surface area contributed by atoms with E-state index in [0.717, 1.165) is 22.1 Å². The molecule has 0 fully saturated rings. The number of likely N-dealkylation sites (N-methyl/N-ethyl adjacent to an activating group) is 1. The highest BCUT2D eigenvalue weighted by molar-refractivity contribution is 5.96. The number of hydrogen-bond acceptors (Lipinski definition) is 4. The molecule has 28 heavy (non-hydrogen) atoms. The van der Waals surface area contributed by atoms with Crippen molar-refractivity contribution in [3.05, 3.63) is 64.5 Å². The number of carbonyl (C=O) groups is 3. The van der Waals surface area contributed by atoms with Crippen molar-refractivity contribution < 1.29 is 23.5 Å². The molecule has 0 aliphatic heterocycles. The zero-order valence-corrected chi connectivity index (χ0v) is 16.3. The lowest BCUT2D eigenvalue weighted by molar-refractivity contribution is -0.136. The third-order valence-corrected chi connectivity index (χ3v) is 4.21. The molecule has 0 saturated heterocycles. The minimum atomic E-state index is -0.805. The van der Waals surface area contributed by atoms with Gasteiger partial charge in [0, 0.05) is 12.7 Å². The van der Waals surface area contributed by atoms with Crippen molar-refractivity contribution >= 4 is 23.5 Å². The Balaban J connectivity index is 1.86. The molecule has 0 bridgehead atoms. The van der Waals surface area contributed by atoms with Crippen LogP contribution in [-0.2, 0) is 14.3 Å². The van der Waals surface area contributed by atoms with Gasteiger partial charge in [-0.15, -0.1) is 0 Å². The van der Waals surface area contributed by atoms with E-state index in [0.29, 0.717) is 11.3 Å². The number of benzene rings is 2. The molecular formula is C21H23FN2O4. The Kier molecular flexibility index (Phi) is 6.87. The van der Waals surface area contributed by atoms with Crippen molar-refractivity contribution in [2.45, 2.75) is 20.8 Å². The summed E-state index contributed by atoms with van der Waals surface area (Å²) in [6.45, 7) is 4.63. The summed E-state index contributed by atoms with van der Waals surface area (Å²) in [5.74, 6) is -2.24. The second-order valence-electron chi connectivity index (χ2n) is 6.66. The maximum Gasteiger partial charge on any atom is 0.338 e. The van der Waals surface area contributed by atoms with Crippen molar-refractivity contribution in [2.24, 2.45) is 0 Å². The number of esters is 1. The van der Waals surface area contributed by atoms with Crippen LogP contribution in [0.1, 0.15) is 27.0 Å². The molecule has 0 saturated carbocycles. The lowest BCUT2D eigenvalue weighted by Crippen LogP contribution is -2.37. The summed E-state index contributed by atoms with van der Waals surface area (Å²) in [4.78, 5) is 37.4. The van der Waals surface area contributed by atoms with Crippen LogP contribution in [0.4, 0.5) is 10.1 Å². The number of amides is 2. The summed E-state index contributed by atoms with van der Waals surface area (Å²) in [6, 6.07) is 9.62. The third kappa shape index (κ3) is 5.64. The van der Waals surface area contributed by atoms with Crippen molar-refractivity contribution in [3.63, 3.8) is 0 Å². The van der Waals surface area contributed by atoms with E-state index in [-0.39, 0.29) is 18.0 Å². The summed E-state index contributed by atoms with van der Waals surface area (Å²) in [5.41, 5.74) is 3.02. The number of carbonyl (C=O) groups excluding carboxylic acids is 3. The first kappa shape index (κ1) is 21.1. The molecule has 2 aromatic rings. The number of rotatable bonds is 6. The summed E-state index contributed by atoms with van der Waals surface area (Å²) in [5, 5.41) is 2.76.